The van der Waals surface area contributed by atoms with E-state index in [0.717, 1.165) is 10.1 Å². The van der Waals surface area contributed by atoms with Crippen LogP contribution in [-0.2, 0) is 0 Å². The van der Waals surface area contributed by atoms with Gasteiger partial charge in [0.15, 0.2) is 4.34 Å². The number of nitrogens with one attached hydrogen (secondary N) is 1. The average molecular weight is 279 g/mol. The topological polar surface area (TPSA) is 37.8 Å². The maximum Gasteiger partial charge on any atom is 0.174 e. The van der Waals surface area contributed by atoms with Gasteiger partial charge in [-0.3, -0.25) is 0 Å². The number of nitrogens with zero attached hydrogens (tertiary/aromatic N) is 2. The molecule has 0 spiro atoms. The van der Waals surface area contributed by atoms with Gasteiger partial charge in [-0.25, -0.2) is 0 Å². The lowest BCUT2D eigenvalue weighted by Gasteiger charge is -2.18. The first-order valence-electron chi connectivity index (χ1n) is 5.84. The van der Waals surface area contributed by atoms with Gasteiger partial charge in [-0.1, -0.05) is 46.9 Å². The molecule has 96 valence electrons. The zero-order valence-electron chi connectivity index (χ0n) is 10.8. The monoisotopic (exact) mass is 279 g/mol. The zero-order valence-corrected chi connectivity index (χ0v) is 12.4. The summed E-state index contributed by atoms with van der Waals surface area (Å²) in [6.45, 7) is 4.30. The first-order valence-corrected chi connectivity index (χ1v) is 7.70. The Morgan fingerprint density at radius 2 is 2.22 bits per heavy atom. The molecule has 0 aliphatic rings. The van der Waals surface area contributed by atoms with E-state index >= 15 is 0 Å². The van der Waals surface area contributed by atoms with Crippen molar-refractivity contribution in [1.29, 1.82) is 0 Å². The number of aryl methyl sites for hydroxylation is 2. The van der Waals surface area contributed by atoms with Crippen molar-refractivity contribution >= 4 is 23.1 Å². The summed E-state index contributed by atoms with van der Waals surface area (Å²) in [5.74, 6) is 0.968. The fourth-order valence-corrected chi connectivity index (χ4v) is 3.57. The molecule has 0 fully saturated rings. The summed E-state index contributed by atoms with van der Waals surface area (Å²) < 4.78 is 1.03. The average Bonchev–Trinajstić information content (AvgIpc) is 2.85. The molecule has 2 aromatic rings. The number of hydrogen-bond donors (Lipinski definition) is 1. The maximum atomic E-state index is 4.06. The van der Waals surface area contributed by atoms with Crippen molar-refractivity contribution in [3.8, 4) is 0 Å². The van der Waals surface area contributed by atoms with E-state index in [1.54, 1.807) is 28.6 Å². The standard InChI is InChI=1S/C13H17N3S2/c1-9-4-5-11(10(2)6-9)12(14-3)7-17-13-16-15-8-18-13/h4-6,8,12,14H,7H2,1-3H3. The molecular weight excluding hydrogens is 262 g/mol. The molecule has 3 nitrogen and oxygen atoms in total. The van der Waals surface area contributed by atoms with Crippen LogP contribution in [0.3, 0.4) is 0 Å². The van der Waals surface area contributed by atoms with Gasteiger partial charge in [0.1, 0.15) is 5.51 Å². The number of aromatic nitrogens is 2. The molecule has 1 heterocycles. The Labute approximate surface area is 116 Å². The van der Waals surface area contributed by atoms with Gasteiger partial charge >= 0.3 is 0 Å². The first-order chi connectivity index (χ1) is 8.70. The van der Waals surface area contributed by atoms with Crippen LogP contribution in [0.15, 0.2) is 28.0 Å². The smallest absolute Gasteiger partial charge is 0.174 e. The van der Waals surface area contributed by atoms with E-state index in [1.165, 1.54) is 16.7 Å². The molecule has 1 aromatic heterocycles. The van der Waals surface area contributed by atoms with Crippen LogP contribution in [-0.4, -0.2) is 23.0 Å². The molecule has 1 N–H and O–H groups in total. The van der Waals surface area contributed by atoms with Crippen LogP contribution in [0, 0.1) is 13.8 Å². The molecule has 0 saturated carbocycles. The molecular formula is C13H17N3S2. The highest BCUT2D eigenvalue weighted by Gasteiger charge is 2.13. The maximum absolute atomic E-state index is 4.06. The summed E-state index contributed by atoms with van der Waals surface area (Å²) >= 11 is 3.34. The minimum Gasteiger partial charge on any atom is -0.312 e. The third-order valence-electron chi connectivity index (χ3n) is 2.86. The lowest BCUT2D eigenvalue weighted by Crippen LogP contribution is -2.19. The van der Waals surface area contributed by atoms with Gasteiger partial charge in [0, 0.05) is 11.8 Å². The van der Waals surface area contributed by atoms with Gasteiger partial charge in [0.2, 0.25) is 0 Å². The van der Waals surface area contributed by atoms with E-state index in [9.17, 15) is 0 Å². The van der Waals surface area contributed by atoms with Gasteiger partial charge in [-0.05, 0) is 32.0 Å². The van der Waals surface area contributed by atoms with Crippen LogP contribution < -0.4 is 5.32 Å². The Kier molecular flexibility index (Phi) is 4.74. The minimum atomic E-state index is 0.347. The largest absolute Gasteiger partial charge is 0.312 e. The molecule has 2 rings (SSSR count). The highest BCUT2D eigenvalue weighted by atomic mass is 32.2. The Balaban J connectivity index is 2.08. The van der Waals surface area contributed by atoms with Crippen molar-refractivity contribution in [1.82, 2.24) is 15.5 Å². The predicted octanol–water partition coefficient (Wildman–Crippen LogP) is 3.21. The SMILES string of the molecule is CNC(CSc1nncs1)c1ccc(C)cc1C. The Morgan fingerprint density at radius 1 is 1.39 bits per heavy atom. The highest BCUT2D eigenvalue weighted by molar-refractivity contribution is 8.01. The number of hydrogen-bond acceptors (Lipinski definition) is 5. The van der Waals surface area contributed by atoms with Crippen LogP contribution >= 0.6 is 23.1 Å². The first kappa shape index (κ1) is 13.5. The van der Waals surface area contributed by atoms with Crippen LogP contribution in [0.4, 0.5) is 0 Å². The lowest BCUT2D eigenvalue weighted by atomic mass is 10.0. The zero-order chi connectivity index (χ0) is 13.0. The van der Waals surface area contributed by atoms with Crippen molar-refractivity contribution in [3.63, 3.8) is 0 Å². The van der Waals surface area contributed by atoms with Gasteiger partial charge in [-0.15, -0.1) is 10.2 Å². The van der Waals surface area contributed by atoms with Gasteiger partial charge in [-0.2, -0.15) is 0 Å². The molecule has 0 radical (unpaired) electrons. The summed E-state index contributed by atoms with van der Waals surface area (Å²) in [6.07, 6.45) is 0. The summed E-state index contributed by atoms with van der Waals surface area (Å²) in [5.41, 5.74) is 5.78. The molecule has 5 heteroatoms. The Morgan fingerprint density at radius 3 is 2.83 bits per heavy atom. The van der Waals surface area contributed by atoms with Crippen LogP contribution in [0.1, 0.15) is 22.7 Å². The second kappa shape index (κ2) is 6.31. The molecule has 0 aliphatic heterocycles. The number of rotatable bonds is 5. The number of benzene rings is 1. The summed E-state index contributed by atoms with van der Waals surface area (Å²) in [7, 11) is 2.00. The van der Waals surface area contributed by atoms with E-state index in [2.05, 4.69) is 47.6 Å². The molecule has 0 saturated heterocycles. The molecule has 0 aliphatic carbocycles. The minimum absolute atomic E-state index is 0.347. The summed E-state index contributed by atoms with van der Waals surface area (Å²) in [4.78, 5) is 0. The van der Waals surface area contributed by atoms with Crippen molar-refractivity contribution in [2.75, 3.05) is 12.8 Å². The van der Waals surface area contributed by atoms with Gasteiger partial charge in [0.05, 0.1) is 0 Å². The lowest BCUT2D eigenvalue weighted by molar-refractivity contribution is 0.657. The van der Waals surface area contributed by atoms with E-state index in [1.807, 2.05) is 7.05 Å². The molecule has 18 heavy (non-hydrogen) atoms. The van der Waals surface area contributed by atoms with Crippen molar-refractivity contribution in [2.24, 2.45) is 0 Å². The van der Waals surface area contributed by atoms with E-state index in [-0.39, 0.29) is 0 Å². The second-order valence-electron chi connectivity index (χ2n) is 4.22. The highest BCUT2D eigenvalue weighted by Crippen LogP contribution is 2.27. The third kappa shape index (κ3) is 3.31. The summed E-state index contributed by atoms with van der Waals surface area (Å²) in [5, 5.41) is 11.3. The summed E-state index contributed by atoms with van der Waals surface area (Å²) in [6, 6.07) is 6.96. The van der Waals surface area contributed by atoms with Crippen LogP contribution in [0.25, 0.3) is 0 Å². The van der Waals surface area contributed by atoms with Crippen molar-refractivity contribution < 1.29 is 0 Å². The molecule has 1 unspecified atom stereocenters. The normalized spacial score (nSPS) is 12.6. The molecule has 0 bridgehead atoms. The van der Waals surface area contributed by atoms with Crippen LogP contribution in [0.5, 0.6) is 0 Å². The van der Waals surface area contributed by atoms with Gasteiger partial charge in [0.25, 0.3) is 0 Å². The fraction of sp³-hybridized carbons (Fsp3) is 0.385. The fourth-order valence-electron chi connectivity index (χ4n) is 1.93. The van der Waals surface area contributed by atoms with Crippen molar-refractivity contribution in [3.05, 3.63) is 40.4 Å². The van der Waals surface area contributed by atoms with E-state index < -0.39 is 0 Å². The Hall–Kier alpha value is -0.910. The number of thioether (sulfide) groups is 1. The molecule has 0 amide bonds. The predicted molar refractivity (Wildman–Crippen MR) is 78.3 cm³/mol. The Bertz CT molecular complexity index is 497. The van der Waals surface area contributed by atoms with Crippen molar-refractivity contribution in [2.45, 2.75) is 24.2 Å². The van der Waals surface area contributed by atoms with Crippen LogP contribution in [0.2, 0.25) is 0 Å². The van der Waals surface area contributed by atoms with E-state index in [0.29, 0.717) is 6.04 Å². The third-order valence-corrected chi connectivity index (χ3v) is 4.82. The van der Waals surface area contributed by atoms with Gasteiger partial charge < -0.3 is 5.32 Å². The molecule has 1 aromatic carbocycles. The van der Waals surface area contributed by atoms with E-state index in [4.69, 9.17) is 0 Å². The quantitative estimate of drug-likeness (QED) is 0.853. The second-order valence-corrected chi connectivity index (χ2v) is 6.32. The molecule has 1 atom stereocenters.